The van der Waals surface area contributed by atoms with Gasteiger partial charge in [-0.05, 0) is 23.5 Å². The Labute approximate surface area is 155 Å². The summed E-state index contributed by atoms with van der Waals surface area (Å²) in [6.45, 7) is 4.25. The van der Waals surface area contributed by atoms with E-state index in [2.05, 4.69) is 10.3 Å². The molecule has 0 bridgehead atoms. The molecule has 7 heteroatoms. The zero-order chi connectivity index (χ0) is 18.0. The molecule has 1 N–H and O–H groups in total. The summed E-state index contributed by atoms with van der Waals surface area (Å²) in [7, 11) is 0. The number of carbonyl (C=O) groups excluding carboxylic acids is 2. The molecule has 0 fully saturated rings. The van der Waals surface area contributed by atoms with Gasteiger partial charge in [0.15, 0.2) is 10.9 Å². The van der Waals surface area contributed by atoms with Crippen LogP contribution in [-0.4, -0.2) is 23.3 Å². The first-order chi connectivity index (χ1) is 11.8. The van der Waals surface area contributed by atoms with Crippen molar-refractivity contribution in [2.24, 2.45) is 5.41 Å². The largest absolute Gasteiger partial charge is 0.367 e. The molecule has 0 spiro atoms. The van der Waals surface area contributed by atoms with Crippen LogP contribution in [0.3, 0.4) is 0 Å². The van der Waals surface area contributed by atoms with Gasteiger partial charge in [-0.1, -0.05) is 55.0 Å². The second-order valence-electron chi connectivity index (χ2n) is 6.87. The SMILES string of the molecule is CC1(C)CC(=O)c2sc(NC(=O)COCc3ccccc3Cl)nc2C1. The molecule has 25 heavy (non-hydrogen) atoms. The predicted octanol–water partition coefficient (Wildman–Crippen LogP) is 4.11. The fourth-order valence-electron chi connectivity index (χ4n) is 2.80. The summed E-state index contributed by atoms with van der Waals surface area (Å²) in [6, 6.07) is 7.33. The summed E-state index contributed by atoms with van der Waals surface area (Å²) in [5.74, 6) is -0.205. The lowest BCUT2D eigenvalue weighted by Gasteiger charge is -2.26. The Morgan fingerprint density at radius 1 is 1.36 bits per heavy atom. The number of thiazole rings is 1. The Kier molecular flexibility index (Phi) is 5.22. The first kappa shape index (κ1) is 18.0. The second-order valence-corrected chi connectivity index (χ2v) is 8.27. The Balaban J connectivity index is 1.56. The molecule has 1 aromatic carbocycles. The molecule has 5 nitrogen and oxygen atoms in total. The highest BCUT2D eigenvalue weighted by molar-refractivity contribution is 7.17. The van der Waals surface area contributed by atoms with Crippen LogP contribution in [0.2, 0.25) is 5.02 Å². The standard InChI is InChI=1S/C18H19ClN2O3S/c1-18(2)7-13-16(14(22)8-18)25-17(20-13)21-15(23)10-24-9-11-5-3-4-6-12(11)19/h3-6H,7-10H2,1-2H3,(H,20,21,23). The van der Waals surface area contributed by atoms with E-state index in [0.29, 0.717) is 21.5 Å². The maximum absolute atomic E-state index is 12.2. The van der Waals surface area contributed by atoms with Crippen molar-refractivity contribution in [3.8, 4) is 0 Å². The van der Waals surface area contributed by atoms with Crippen LogP contribution in [0.1, 0.15) is 41.2 Å². The van der Waals surface area contributed by atoms with Crippen LogP contribution in [0.15, 0.2) is 24.3 Å². The number of amides is 1. The number of nitrogens with zero attached hydrogens (tertiary/aromatic N) is 1. The summed E-state index contributed by atoms with van der Waals surface area (Å²) in [5.41, 5.74) is 1.52. The first-order valence-corrected chi connectivity index (χ1v) is 9.17. The lowest BCUT2D eigenvalue weighted by Crippen LogP contribution is -2.26. The molecular weight excluding hydrogens is 360 g/mol. The number of fused-ring (bicyclic) bond motifs is 1. The van der Waals surface area contributed by atoms with Crippen LogP contribution >= 0.6 is 22.9 Å². The molecule has 0 unspecified atom stereocenters. The van der Waals surface area contributed by atoms with Gasteiger partial charge in [0, 0.05) is 11.4 Å². The Bertz CT molecular complexity index is 816. The van der Waals surface area contributed by atoms with Crippen LogP contribution in [0.4, 0.5) is 5.13 Å². The molecule has 2 aromatic rings. The van der Waals surface area contributed by atoms with Crippen molar-refractivity contribution in [1.82, 2.24) is 4.98 Å². The lowest BCUT2D eigenvalue weighted by molar-refractivity contribution is -0.121. The zero-order valence-electron chi connectivity index (χ0n) is 14.1. The van der Waals surface area contributed by atoms with E-state index in [0.717, 1.165) is 17.7 Å². The molecule has 1 aromatic heterocycles. The van der Waals surface area contributed by atoms with E-state index < -0.39 is 0 Å². The maximum atomic E-state index is 12.2. The monoisotopic (exact) mass is 378 g/mol. The van der Waals surface area contributed by atoms with Crippen molar-refractivity contribution >= 4 is 39.8 Å². The number of nitrogens with one attached hydrogen (secondary N) is 1. The number of carbonyl (C=O) groups is 2. The third-order valence-corrected chi connectivity index (χ3v) is 5.35. The summed E-state index contributed by atoms with van der Waals surface area (Å²) < 4.78 is 5.40. The maximum Gasteiger partial charge on any atom is 0.252 e. The molecule has 3 rings (SSSR count). The Morgan fingerprint density at radius 2 is 2.12 bits per heavy atom. The number of ketones is 1. The number of halogens is 1. The molecule has 0 aliphatic heterocycles. The Morgan fingerprint density at radius 3 is 2.88 bits per heavy atom. The van der Waals surface area contributed by atoms with Crippen molar-refractivity contribution in [3.05, 3.63) is 45.4 Å². The number of anilines is 1. The van der Waals surface area contributed by atoms with Gasteiger partial charge >= 0.3 is 0 Å². The molecule has 1 amide bonds. The molecule has 132 valence electrons. The van der Waals surface area contributed by atoms with Gasteiger partial charge < -0.3 is 4.74 Å². The fourth-order valence-corrected chi connectivity index (χ4v) is 3.92. The number of benzene rings is 1. The third-order valence-electron chi connectivity index (χ3n) is 3.93. The number of aromatic nitrogens is 1. The van der Waals surface area contributed by atoms with Crippen molar-refractivity contribution in [2.45, 2.75) is 33.3 Å². The third kappa shape index (κ3) is 4.45. The van der Waals surface area contributed by atoms with E-state index in [9.17, 15) is 9.59 Å². The van der Waals surface area contributed by atoms with E-state index in [1.165, 1.54) is 11.3 Å². The Hall–Kier alpha value is -1.76. The first-order valence-electron chi connectivity index (χ1n) is 7.98. The van der Waals surface area contributed by atoms with E-state index >= 15 is 0 Å². The molecule has 1 aliphatic carbocycles. The smallest absolute Gasteiger partial charge is 0.252 e. The quantitative estimate of drug-likeness (QED) is 0.850. The van der Waals surface area contributed by atoms with Crippen molar-refractivity contribution in [3.63, 3.8) is 0 Å². The minimum Gasteiger partial charge on any atom is -0.367 e. The van der Waals surface area contributed by atoms with Gasteiger partial charge in [0.1, 0.15) is 6.61 Å². The fraction of sp³-hybridized carbons (Fsp3) is 0.389. The molecule has 0 saturated heterocycles. The van der Waals surface area contributed by atoms with Gasteiger partial charge in [0.2, 0.25) is 0 Å². The molecule has 0 radical (unpaired) electrons. The summed E-state index contributed by atoms with van der Waals surface area (Å²) >= 11 is 7.28. The molecule has 0 atom stereocenters. The van der Waals surface area contributed by atoms with Gasteiger partial charge in [0.25, 0.3) is 5.91 Å². The predicted molar refractivity (Wildman–Crippen MR) is 98.3 cm³/mol. The highest BCUT2D eigenvalue weighted by atomic mass is 35.5. The summed E-state index contributed by atoms with van der Waals surface area (Å²) in [4.78, 5) is 29.3. The van der Waals surface area contributed by atoms with Crippen molar-refractivity contribution < 1.29 is 14.3 Å². The second kappa shape index (κ2) is 7.23. The van der Waals surface area contributed by atoms with E-state index in [4.69, 9.17) is 16.3 Å². The highest BCUT2D eigenvalue weighted by Crippen LogP contribution is 2.38. The number of Topliss-reactive ketones (excluding diaryl/α,β-unsaturated/α-hetero) is 1. The lowest BCUT2D eigenvalue weighted by atomic mass is 9.78. The van der Waals surface area contributed by atoms with Gasteiger partial charge in [-0.2, -0.15) is 0 Å². The number of hydrogen-bond acceptors (Lipinski definition) is 5. The minimum atomic E-state index is -0.301. The highest BCUT2D eigenvalue weighted by Gasteiger charge is 2.34. The van der Waals surface area contributed by atoms with Crippen molar-refractivity contribution in [2.75, 3.05) is 11.9 Å². The minimum absolute atomic E-state index is 0.0858. The normalized spacial score (nSPS) is 15.7. The van der Waals surface area contributed by atoms with Gasteiger partial charge in [-0.3, -0.25) is 14.9 Å². The van der Waals surface area contributed by atoms with Crippen LogP contribution in [0.5, 0.6) is 0 Å². The topological polar surface area (TPSA) is 68.3 Å². The summed E-state index contributed by atoms with van der Waals surface area (Å²) in [6.07, 6.45) is 1.25. The van der Waals surface area contributed by atoms with Crippen LogP contribution in [0, 0.1) is 5.41 Å². The zero-order valence-corrected chi connectivity index (χ0v) is 15.7. The number of rotatable bonds is 5. The average Bonchev–Trinajstić information content (AvgIpc) is 2.90. The van der Waals surface area contributed by atoms with Crippen molar-refractivity contribution in [1.29, 1.82) is 0 Å². The van der Waals surface area contributed by atoms with Gasteiger partial charge in [0.05, 0.1) is 17.2 Å². The van der Waals surface area contributed by atoms with Crippen LogP contribution < -0.4 is 5.32 Å². The summed E-state index contributed by atoms with van der Waals surface area (Å²) in [5, 5.41) is 3.76. The van der Waals surface area contributed by atoms with Gasteiger partial charge in [-0.15, -0.1) is 0 Å². The van der Waals surface area contributed by atoms with Crippen LogP contribution in [0.25, 0.3) is 0 Å². The number of ether oxygens (including phenoxy) is 1. The number of hydrogen-bond donors (Lipinski definition) is 1. The molecule has 1 heterocycles. The van der Waals surface area contributed by atoms with Gasteiger partial charge in [-0.25, -0.2) is 4.98 Å². The average molecular weight is 379 g/mol. The molecule has 0 saturated carbocycles. The van der Waals surface area contributed by atoms with E-state index in [1.54, 1.807) is 6.07 Å². The molecule has 1 aliphatic rings. The molecular formula is C18H19ClN2O3S. The van der Waals surface area contributed by atoms with E-state index in [-0.39, 0.29) is 30.3 Å². The van der Waals surface area contributed by atoms with E-state index in [1.807, 2.05) is 32.0 Å². The van der Waals surface area contributed by atoms with Crippen LogP contribution in [-0.2, 0) is 22.6 Å².